The number of anilines is 1. The van der Waals surface area contributed by atoms with Crippen LogP contribution in [0, 0.1) is 6.92 Å². The number of carbonyl (C=O) groups excluding carboxylic acids is 1. The van der Waals surface area contributed by atoms with E-state index in [2.05, 4.69) is 20.8 Å². The molecule has 2 aromatic rings. The number of hydrogen-bond acceptors (Lipinski definition) is 5. The molecule has 2 rings (SSSR count). The van der Waals surface area contributed by atoms with Crippen LogP contribution in [0.3, 0.4) is 0 Å². The van der Waals surface area contributed by atoms with Gasteiger partial charge >= 0.3 is 0 Å². The van der Waals surface area contributed by atoms with Crippen LogP contribution >= 0.6 is 0 Å². The highest BCUT2D eigenvalue weighted by Gasteiger charge is 2.09. The highest BCUT2D eigenvalue weighted by molar-refractivity contribution is 5.92. The van der Waals surface area contributed by atoms with Crippen molar-refractivity contribution in [2.45, 2.75) is 6.92 Å². The first-order valence-corrected chi connectivity index (χ1v) is 5.34. The van der Waals surface area contributed by atoms with Gasteiger partial charge in [0.2, 0.25) is 5.91 Å². The first kappa shape index (κ1) is 12.2. The van der Waals surface area contributed by atoms with Gasteiger partial charge in [0.15, 0.2) is 0 Å². The van der Waals surface area contributed by atoms with E-state index in [1.54, 1.807) is 4.68 Å². The fraction of sp³-hybridized carbons (Fsp3) is 0.273. The first-order valence-electron chi connectivity index (χ1n) is 5.34. The number of amides is 1. The van der Waals surface area contributed by atoms with Crippen molar-refractivity contribution < 1.29 is 9.53 Å². The fourth-order valence-electron chi connectivity index (χ4n) is 1.60. The molecule has 1 amide bonds. The lowest BCUT2D eigenvalue weighted by molar-refractivity contribution is -0.119. The molecule has 0 bridgehead atoms. The summed E-state index contributed by atoms with van der Waals surface area (Å²) in [6.07, 6.45) is 1.50. The average Bonchev–Trinajstić information content (AvgIpc) is 2.86. The van der Waals surface area contributed by atoms with Gasteiger partial charge in [-0.3, -0.25) is 4.79 Å². The second-order valence-corrected chi connectivity index (χ2v) is 3.69. The Morgan fingerprint density at radius 1 is 1.50 bits per heavy atom. The van der Waals surface area contributed by atoms with Crippen molar-refractivity contribution in [3.8, 4) is 5.69 Å². The second kappa shape index (κ2) is 5.37. The lowest BCUT2D eigenvalue weighted by atomic mass is 10.1. The van der Waals surface area contributed by atoms with Gasteiger partial charge in [-0.05, 0) is 35.0 Å². The predicted molar refractivity (Wildman–Crippen MR) is 64.4 cm³/mol. The van der Waals surface area contributed by atoms with Crippen molar-refractivity contribution in [2.24, 2.45) is 0 Å². The molecule has 1 N–H and O–H groups in total. The van der Waals surface area contributed by atoms with Crippen molar-refractivity contribution in [1.82, 2.24) is 20.2 Å². The van der Waals surface area contributed by atoms with Gasteiger partial charge in [0, 0.05) is 12.8 Å². The van der Waals surface area contributed by atoms with Gasteiger partial charge in [-0.1, -0.05) is 6.07 Å². The van der Waals surface area contributed by atoms with Crippen LogP contribution in [0.5, 0.6) is 0 Å². The van der Waals surface area contributed by atoms with Crippen LogP contribution in [0.2, 0.25) is 0 Å². The van der Waals surface area contributed by atoms with Gasteiger partial charge in [-0.25, -0.2) is 4.68 Å². The van der Waals surface area contributed by atoms with Gasteiger partial charge in [0.1, 0.15) is 12.9 Å². The maximum absolute atomic E-state index is 11.5. The Morgan fingerprint density at radius 3 is 3.00 bits per heavy atom. The Labute approximate surface area is 104 Å². The molecule has 18 heavy (non-hydrogen) atoms. The zero-order valence-corrected chi connectivity index (χ0v) is 10.1. The van der Waals surface area contributed by atoms with E-state index in [1.807, 2.05) is 25.1 Å². The summed E-state index contributed by atoms with van der Waals surface area (Å²) >= 11 is 0. The summed E-state index contributed by atoms with van der Waals surface area (Å²) in [4.78, 5) is 11.5. The number of nitrogens with zero attached hydrogens (tertiary/aromatic N) is 4. The van der Waals surface area contributed by atoms with E-state index in [9.17, 15) is 4.79 Å². The van der Waals surface area contributed by atoms with E-state index in [1.165, 1.54) is 13.4 Å². The number of aromatic nitrogens is 4. The van der Waals surface area contributed by atoms with Gasteiger partial charge < -0.3 is 10.1 Å². The Kier molecular flexibility index (Phi) is 3.63. The largest absolute Gasteiger partial charge is 0.375 e. The molecule has 0 fully saturated rings. The van der Waals surface area contributed by atoms with Gasteiger partial charge in [0.25, 0.3) is 0 Å². The molecule has 94 valence electrons. The monoisotopic (exact) mass is 247 g/mol. The van der Waals surface area contributed by atoms with Crippen LogP contribution in [-0.2, 0) is 9.53 Å². The normalized spacial score (nSPS) is 10.3. The van der Waals surface area contributed by atoms with Crippen molar-refractivity contribution in [3.63, 3.8) is 0 Å². The summed E-state index contributed by atoms with van der Waals surface area (Å²) < 4.78 is 6.31. The van der Waals surface area contributed by atoms with E-state index in [4.69, 9.17) is 4.74 Å². The second-order valence-electron chi connectivity index (χ2n) is 3.69. The van der Waals surface area contributed by atoms with Crippen molar-refractivity contribution in [3.05, 3.63) is 30.1 Å². The molecule has 1 aromatic heterocycles. The van der Waals surface area contributed by atoms with E-state index < -0.39 is 0 Å². The summed E-state index contributed by atoms with van der Waals surface area (Å²) in [6, 6.07) is 5.51. The van der Waals surface area contributed by atoms with Crippen molar-refractivity contribution >= 4 is 11.6 Å². The molecule has 1 heterocycles. The summed E-state index contributed by atoms with van der Waals surface area (Å²) in [5.74, 6) is -0.200. The Balaban J connectivity index is 2.28. The summed E-state index contributed by atoms with van der Waals surface area (Å²) in [5, 5.41) is 13.8. The molecule has 1 aromatic carbocycles. The number of carbonyl (C=O) groups is 1. The zero-order chi connectivity index (χ0) is 13.0. The zero-order valence-electron chi connectivity index (χ0n) is 10.1. The van der Waals surface area contributed by atoms with Gasteiger partial charge in [-0.2, -0.15) is 0 Å². The van der Waals surface area contributed by atoms with Crippen molar-refractivity contribution in [2.75, 3.05) is 19.0 Å². The van der Waals surface area contributed by atoms with Crippen LogP contribution in [0.15, 0.2) is 24.5 Å². The number of methoxy groups -OCH3 is 1. The molecule has 0 aliphatic heterocycles. The third kappa shape index (κ3) is 2.51. The molecule has 7 nitrogen and oxygen atoms in total. The lowest BCUT2D eigenvalue weighted by Crippen LogP contribution is -2.18. The molecule has 0 spiro atoms. The molecule has 0 atom stereocenters. The Morgan fingerprint density at radius 2 is 2.33 bits per heavy atom. The van der Waals surface area contributed by atoms with Crippen LogP contribution in [0.25, 0.3) is 5.69 Å². The van der Waals surface area contributed by atoms with Gasteiger partial charge in [0.05, 0.1) is 5.69 Å². The molecule has 0 unspecified atom stereocenters. The van der Waals surface area contributed by atoms with Gasteiger partial charge in [-0.15, -0.1) is 5.10 Å². The first-order chi connectivity index (χ1) is 8.72. The summed E-state index contributed by atoms with van der Waals surface area (Å²) in [6.45, 7) is 1.91. The molecule has 7 heteroatoms. The highest BCUT2D eigenvalue weighted by Crippen LogP contribution is 2.21. The minimum Gasteiger partial charge on any atom is -0.375 e. The smallest absolute Gasteiger partial charge is 0.250 e. The maximum Gasteiger partial charge on any atom is 0.250 e. The molecular weight excluding hydrogens is 234 g/mol. The third-order valence-corrected chi connectivity index (χ3v) is 2.45. The lowest BCUT2D eigenvalue weighted by Gasteiger charge is -2.11. The molecule has 0 saturated heterocycles. The quantitative estimate of drug-likeness (QED) is 0.853. The minimum atomic E-state index is -0.200. The van der Waals surface area contributed by atoms with Crippen molar-refractivity contribution in [1.29, 1.82) is 0 Å². The number of nitrogens with one attached hydrogen (secondary N) is 1. The molecule has 0 saturated carbocycles. The molecule has 0 aliphatic carbocycles. The van der Waals surface area contributed by atoms with Crippen LogP contribution in [-0.4, -0.2) is 39.8 Å². The maximum atomic E-state index is 11.5. The van der Waals surface area contributed by atoms with Crippen LogP contribution in [0.4, 0.5) is 5.69 Å². The summed E-state index contributed by atoms with van der Waals surface area (Å²) in [7, 11) is 1.48. The molecular formula is C11H13N5O2. The average molecular weight is 247 g/mol. The third-order valence-electron chi connectivity index (χ3n) is 2.45. The highest BCUT2D eigenvalue weighted by atomic mass is 16.5. The number of rotatable bonds is 4. The van der Waals surface area contributed by atoms with E-state index in [-0.39, 0.29) is 12.5 Å². The Bertz CT molecular complexity index is 538. The number of hydrogen-bond donors (Lipinski definition) is 1. The number of tetrazole rings is 1. The SMILES string of the molecule is COCC(=O)Nc1cccc(-n2cnnn2)c1C. The Hall–Kier alpha value is -2.28. The minimum absolute atomic E-state index is 0.0224. The number of benzene rings is 1. The fourth-order valence-corrected chi connectivity index (χ4v) is 1.60. The standard InChI is InChI=1S/C11H13N5O2/c1-8-9(13-11(17)6-18-2)4-3-5-10(8)16-7-12-14-15-16/h3-5,7H,6H2,1-2H3,(H,13,17). The van der Waals surface area contributed by atoms with E-state index >= 15 is 0 Å². The summed E-state index contributed by atoms with van der Waals surface area (Å²) in [5.41, 5.74) is 2.41. The van der Waals surface area contributed by atoms with Crippen LogP contribution < -0.4 is 5.32 Å². The van der Waals surface area contributed by atoms with E-state index in [0.29, 0.717) is 5.69 Å². The topological polar surface area (TPSA) is 81.9 Å². The van der Waals surface area contributed by atoms with Crippen LogP contribution in [0.1, 0.15) is 5.56 Å². The molecule has 0 radical (unpaired) electrons. The molecule has 0 aliphatic rings. The predicted octanol–water partition coefficient (Wildman–Crippen LogP) is 0.556. The van der Waals surface area contributed by atoms with E-state index in [0.717, 1.165) is 11.3 Å². The number of ether oxygens (including phenoxy) is 1.